The van der Waals surface area contributed by atoms with E-state index in [2.05, 4.69) is 20.6 Å². The van der Waals surface area contributed by atoms with Crippen LogP contribution in [0.1, 0.15) is 16.1 Å². The van der Waals surface area contributed by atoms with Crippen molar-refractivity contribution in [3.8, 4) is 28.4 Å². The van der Waals surface area contributed by atoms with Crippen LogP contribution < -0.4 is 14.8 Å². The van der Waals surface area contributed by atoms with E-state index in [1.165, 1.54) is 0 Å². The molecule has 1 N–H and O–H groups in total. The number of nitrogens with one attached hydrogen (secondary N) is 1. The van der Waals surface area contributed by atoms with Gasteiger partial charge in [-0.15, -0.1) is 5.10 Å². The number of nitrogens with zero attached hydrogens (tertiary/aromatic N) is 4. The average molecular weight is 464 g/mol. The van der Waals surface area contributed by atoms with Gasteiger partial charge in [0.05, 0.1) is 24.9 Å². The molecule has 0 atom stereocenters. The molecule has 4 rings (SSSR count). The topological polar surface area (TPSA) is 91.2 Å². The molecule has 0 fully saturated rings. The quantitative estimate of drug-likeness (QED) is 0.425. The Morgan fingerprint density at radius 3 is 2.61 bits per heavy atom. The summed E-state index contributed by atoms with van der Waals surface area (Å²) in [6, 6.07) is 16.5. The Bertz CT molecular complexity index is 1260. The first-order chi connectivity index (χ1) is 16.1. The van der Waals surface area contributed by atoms with Crippen LogP contribution in [0.4, 0.5) is 0 Å². The van der Waals surface area contributed by atoms with E-state index in [-0.39, 0.29) is 11.6 Å². The highest BCUT2D eigenvalue weighted by molar-refractivity contribution is 6.32. The fraction of sp³-hybridized carbons (Fsp3) is 0.167. The van der Waals surface area contributed by atoms with E-state index in [9.17, 15) is 4.79 Å². The lowest BCUT2D eigenvalue weighted by molar-refractivity contribution is 0.0949. The van der Waals surface area contributed by atoms with Gasteiger partial charge in [0.25, 0.3) is 5.91 Å². The average Bonchev–Trinajstić information content (AvgIpc) is 3.29. The van der Waals surface area contributed by atoms with Crippen LogP contribution in [0.2, 0.25) is 5.02 Å². The van der Waals surface area contributed by atoms with E-state index in [0.717, 1.165) is 5.56 Å². The summed E-state index contributed by atoms with van der Waals surface area (Å²) >= 11 is 6.38. The Hall–Kier alpha value is -3.91. The molecule has 0 aliphatic rings. The van der Waals surface area contributed by atoms with Crippen molar-refractivity contribution in [2.45, 2.75) is 6.42 Å². The summed E-state index contributed by atoms with van der Waals surface area (Å²) in [6.45, 7) is 0.403. The van der Waals surface area contributed by atoms with Gasteiger partial charge in [-0.05, 0) is 48.4 Å². The van der Waals surface area contributed by atoms with E-state index in [1.54, 1.807) is 43.4 Å². The van der Waals surface area contributed by atoms with E-state index in [0.29, 0.717) is 46.4 Å². The van der Waals surface area contributed by atoms with Crippen molar-refractivity contribution in [3.05, 3.63) is 83.3 Å². The minimum absolute atomic E-state index is 0.190. The van der Waals surface area contributed by atoms with Gasteiger partial charge in [-0.25, -0.2) is 4.68 Å². The van der Waals surface area contributed by atoms with Crippen molar-refractivity contribution in [3.63, 3.8) is 0 Å². The number of para-hydroxylation sites is 1. The zero-order valence-corrected chi connectivity index (χ0v) is 18.9. The molecule has 0 saturated heterocycles. The first kappa shape index (κ1) is 22.3. The molecule has 0 saturated carbocycles. The number of hydrogen-bond acceptors (Lipinski definition) is 6. The predicted octanol–water partition coefficient (Wildman–Crippen LogP) is 3.97. The molecule has 2 aromatic heterocycles. The lowest BCUT2D eigenvalue weighted by Gasteiger charge is -2.11. The minimum atomic E-state index is -0.340. The van der Waals surface area contributed by atoms with E-state index in [1.807, 2.05) is 42.5 Å². The summed E-state index contributed by atoms with van der Waals surface area (Å²) in [6.07, 6.45) is 3.93. The molecule has 0 aliphatic heterocycles. The zero-order valence-electron chi connectivity index (χ0n) is 18.2. The summed E-state index contributed by atoms with van der Waals surface area (Å²) in [5.74, 6) is 0.957. The highest BCUT2D eigenvalue weighted by Gasteiger charge is 2.23. The Morgan fingerprint density at radius 1 is 1.06 bits per heavy atom. The second-order valence-corrected chi connectivity index (χ2v) is 7.49. The third-order valence-electron chi connectivity index (χ3n) is 5.05. The second kappa shape index (κ2) is 10.1. The number of rotatable bonds is 8. The van der Waals surface area contributed by atoms with Crippen LogP contribution in [0.15, 0.2) is 67.0 Å². The molecule has 0 spiro atoms. The van der Waals surface area contributed by atoms with Crippen LogP contribution in [0.5, 0.6) is 11.5 Å². The molecule has 0 bridgehead atoms. The van der Waals surface area contributed by atoms with Gasteiger partial charge in [-0.2, -0.15) is 0 Å². The number of methoxy groups -OCH3 is 2. The van der Waals surface area contributed by atoms with Gasteiger partial charge in [0.2, 0.25) is 0 Å². The molecule has 4 aromatic rings. The van der Waals surface area contributed by atoms with E-state index >= 15 is 0 Å². The highest BCUT2D eigenvalue weighted by atomic mass is 35.5. The third kappa shape index (κ3) is 4.80. The van der Waals surface area contributed by atoms with Crippen LogP contribution in [0.25, 0.3) is 16.9 Å². The smallest absolute Gasteiger partial charge is 0.274 e. The van der Waals surface area contributed by atoms with Crippen molar-refractivity contribution in [2.75, 3.05) is 20.8 Å². The SMILES string of the molecule is COc1ccc(CCNC(=O)c2nnn(-c3ccccc3Cl)c2-c2cccnc2)cc1OC. The number of hydrogen-bond donors (Lipinski definition) is 1. The van der Waals surface area contributed by atoms with Crippen molar-refractivity contribution < 1.29 is 14.3 Å². The van der Waals surface area contributed by atoms with Crippen molar-refractivity contribution in [1.82, 2.24) is 25.3 Å². The zero-order chi connectivity index (χ0) is 23.2. The number of amides is 1. The molecule has 9 heteroatoms. The van der Waals surface area contributed by atoms with Crippen LogP contribution in [0, 0.1) is 0 Å². The monoisotopic (exact) mass is 463 g/mol. The number of halogens is 1. The number of pyridine rings is 1. The third-order valence-corrected chi connectivity index (χ3v) is 5.37. The van der Waals surface area contributed by atoms with Crippen molar-refractivity contribution in [1.29, 1.82) is 0 Å². The number of carbonyl (C=O) groups excluding carboxylic acids is 1. The van der Waals surface area contributed by atoms with E-state index < -0.39 is 0 Å². The minimum Gasteiger partial charge on any atom is -0.493 e. The molecule has 1 amide bonds. The molecule has 2 heterocycles. The maximum Gasteiger partial charge on any atom is 0.274 e. The molecular weight excluding hydrogens is 442 g/mol. The molecule has 168 valence electrons. The summed E-state index contributed by atoms with van der Waals surface area (Å²) in [4.78, 5) is 17.2. The summed E-state index contributed by atoms with van der Waals surface area (Å²) in [7, 11) is 3.18. The predicted molar refractivity (Wildman–Crippen MR) is 125 cm³/mol. The Balaban J connectivity index is 1.57. The number of aromatic nitrogens is 4. The molecule has 0 radical (unpaired) electrons. The number of benzene rings is 2. The molecular formula is C24H22ClN5O3. The number of ether oxygens (including phenoxy) is 2. The van der Waals surface area contributed by atoms with Crippen LogP contribution in [0.3, 0.4) is 0 Å². The Morgan fingerprint density at radius 2 is 1.88 bits per heavy atom. The van der Waals surface area contributed by atoms with Gasteiger partial charge in [-0.1, -0.05) is 35.0 Å². The van der Waals surface area contributed by atoms with E-state index in [4.69, 9.17) is 21.1 Å². The first-order valence-electron chi connectivity index (χ1n) is 10.2. The lowest BCUT2D eigenvalue weighted by Crippen LogP contribution is -2.26. The lowest BCUT2D eigenvalue weighted by atomic mass is 10.1. The van der Waals surface area contributed by atoms with Gasteiger partial charge in [0.15, 0.2) is 17.2 Å². The summed E-state index contributed by atoms with van der Waals surface area (Å²) in [5.41, 5.74) is 3.03. The summed E-state index contributed by atoms with van der Waals surface area (Å²) < 4.78 is 12.2. The van der Waals surface area contributed by atoms with Gasteiger partial charge in [0, 0.05) is 24.5 Å². The Kier molecular flexibility index (Phi) is 6.85. The van der Waals surface area contributed by atoms with Crippen molar-refractivity contribution in [2.24, 2.45) is 0 Å². The fourth-order valence-electron chi connectivity index (χ4n) is 3.43. The highest BCUT2D eigenvalue weighted by Crippen LogP contribution is 2.29. The molecule has 2 aromatic carbocycles. The maximum atomic E-state index is 13.1. The first-order valence-corrected chi connectivity index (χ1v) is 10.6. The number of carbonyl (C=O) groups is 1. The maximum absolute atomic E-state index is 13.1. The molecule has 8 nitrogen and oxygen atoms in total. The standard InChI is InChI=1S/C24H22ClN5O3/c1-32-20-10-9-16(14-21(20)33-2)11-13-27-24(31)22-23(17-6-5-12-26-15-17)30(29-28-22)19-8-4-3-7-18(19)25/h3-10,12,14-15H,11,13H2,1-2H3,(H,27,31). The summed E-state index contributed by atoms with van der Waals surface area (Å²) in [5, 5.41) is 11.8. The van der Waals surface area contributed by atoms with Gasteiger partial charge in [-0.3, -0.25) is 9.78 Å². The van der Waals surface area contributed by atoms with Crippen molar-refractivity contribution >= 4 is 17.5 Å². The van der Waals surface area contributed by atoms with Gasteiger partial charge >= 0.3 is 0 Å². The second-order valence-electron chi connectivity index (χ2n) is 7.09. The largest absolute Gasteiger partial charge is 0.493 e. The van der Waals surface area contributed by atoms with Crippen LogP contribution in [-0.2, 0) is 6.42 Å². The van der Waals surface area contributed by atoms with Crippen LogP contribution >= 0.6 is 11.6 Å². The molecule has 0 aliphatic carbocycles. The molecule has 33 heavy (non-hydrogen) atoms. The van der Waals surface area contributed by atoms with Crippen LogP contribution in [-0.4, -0.2) is 46.6 Å². The fourth-order valence-corrected chi connectivity index (χ4v) is 3.64. The van der Waals surface area contributed by atoms with Gasteiger partial charge in [0.1, 0.15) is 5.69 Å². The molecule has 0 unspecified atom stereocenters. The Labute approximate surface area is 196 Å². The normalized spacial score (nSPS) is 10.6. The van der Waals surface area contributed by atoms with Gasteiger partial charge < -0.3 is 14.8 Å².